The number of amides is 2. The first-order valence-corrected chi connectivity index (χ1v) is 7.95. The predicted octanol–water partition coefficient (Wildman–Crippen LogP) is 2.55. The van der Waals surface area contributed by atoms with E-state index in [4.69, 9.17) is 14.2 Å². The molecule has 132 valence electrons. The van der Waals surface area contributed by atoms with Gasteiger partial charge in [0.25, 0.3) is 11.8 Å². The van der Waals surface area contributed by atoms with Crippen molar-refractivity contribution in [2.75, 3.05) is 21.3 Å². The van der Waals surface area contributed by atoms with Gasteiger partial charge in [-0.15, -0.1) is 0 Å². The SMILES string of the molecule is COc1ccc(C(=O)NNC(=O)c2cc(OC)c(Br)c(OC)c2)cc1. The Bertz CT molecular complexity index is 752. The molecule has 7 nitrogen and oxygen atoms in total. The van der Waals surface area contributed by atoms with Crippen LogP contribution < -0.4 is 25.1 Å². The molecule has 2 rings (SSSR count). The fourth-order valence-corrected chi connectivity index (χ4v) is 2.55. The van der Waals surface area contributed by atoms with Crippen molar-refractivity contribution in [3.63, 3.8) is 0 Å². The summed E-state index contributed by atoms with van der Waals surface area (Å²) in [4.78, 5) is 24.3. The highest BCUT2D eigenvalue weighted by Gasteiger charge is 2.15. The summed E-state index contributed by atoms with van der Waals surface area (Å²) >= 11 is 3.33. The molecule has 2 N–H and O–H groups in total. The van der Waals surface area contributed by atoms with Crippen LogP contribution in [0.3, 0.4) is 0 Å². The molecule has 0 atom stereocenters. The lowest BCUT2D eigenvalue weighted by Crippen LogP contribution is -2.41. The van der Waals surface area contributed by atoms with E-state index in [1.165, 1.54) is 33.5 Å². The first-order valence-electron chi connectivity index (χ1n) is 7.16. The molecule has 2 aromatic carbocycles. The van der Waals surface area contributed by atoms with Crippen LogP contribution in [0, 0.1) is 0 Å². The summed E-state index contributed by atoms with van der Waals surface area (Å²) in [6, 6.07) is 9.54. The Balaban J connectivity index is 2.07. The summed E-state index contributed by atoms with van der Waals surface area (Å²) in [5, 5.41) is 0. The van der Waals surface area contributed by atoms with E-state index in [9.17, 15) is 9.59 Å². The minimum Gasteiger partial charge on any atom is -0.497 e. The normalized spacial score (nSPS) is 9.92. The number of methoxy groups -OCH3 is 3. The zero-order valence-electron chi connectivity index (χ0n) is 13.9. The molecule has 8 heteroatoms. The number of benzene rings is 2. The summed E-state index contributed by atoms with van der Waals surface area (Å²) in [6.45, 7) is 0. The van der Waals surface area contributed by atoms with Gasteiger partial charge in [0, 0.05) is 11.1 Å². The molecule has 0 heterocycles. The highest BCUT2D eigenvalue weighted by molar-refractivity contribution is 9.10. The molecule has 0 aliphatic heterocycles. The quantitative estimate of drug-likeness (QED) is 0.742. The molecule has 0 spiro atoms. The molecule has 25 heavy (non-hydrogen) atoms. The molecular weight excluding hydrogens is 392 g/mol. The molecule has 0 saturated heterocycles. The smallest absolute Gasteiger partial charge is 0.269 e. The largest absolute Gasteiger partial charge is 0.497 e. The monoisotopic (exact) mass is 408 g/mol. The Hall–Kier alpha value is -2.74. The van der Waals surface area contributed by atoms with Crippen molar-refractivity contribution in [1.29, 1.82) is 0 Å². The average Bonchev–Trinajstić information content (AvgIpc) is 2.66. The minimum absolute atomic E-state index is 0.270. The van der Waals surface area contributed by atoms with E-state index in [0.29, 0.717) is 27.3 Å². The third-order valence-corrected chi connectivity index (χ3v) is 4.13. The van der Waals surface area contributed by atoms with Crippen LogP contribution in [0.1, 0.15) is 20.7 Å². The minimum atomic E-state index is -0.508. The Morgan fingerprint density at radius 3 is 1.72 bits per heavy atom. The van der Waals surface area contributed by atoms with Crippen molar-refractivity contribution >= 4 is 27.7 Å². The van der Waals surface area contributed by atoms with Gasteiger partial charge in [-0.2, -0.15) is 0 Å². The van der Waals surface area contributed by atoms with Crippen LogP contribution in [0.5, 0.6) is 17.2 Å². The summed E-state index contributed by atoms with van der Waals surface area (Å²) < 4.78 is 16.0. The molecule has 0 fully saturated rings. The van der Waals surface area contributed by atoms with Gasteiger partial charge in [-0.1, -0.05) is 0 Å². The zero-order valence-corrected chi connectivity index (χ0v) is 15.5. The molecule has 2 aromatic rings. The summed E-state index contributed by atoms with van der Waals surface area (Å²) in [5.41, 5.74) is 5.36. The van der Waals surface area contributed by atoms with Crippen LogP contribution in [-0.2, 0) is 0 Å². The van der Waals surface area contributed by atoms with Gasteiger partial charge in [0.1, 0.15) is 21.7 Å². The van der Waals surface area contributed by atoms with Gasteiger partial charge in [-0.3, -0.25) is 20.4 Å². The van der Waals surface area contributed by atoms with Crippen molar-refractivity contribution in [3.05, 3.63) is 52.0 Å². The number of carbonyl (C=O) groups is 2. The molecular formula is C17H17BrN2O5. The third kappa shape index (κ3) is 4.42. The Morgan fingerprint density at radius 2 is 1.28 bits per heavy atom. The summed E-state index contributed by atoms with van der Waals surface area (Å²) in [6.07, 6.45) is 0. The number of hydrogen-bond acceptors (Lipinski definition) is 5. The number of halogens is 1. The Labute approximate surface area is 153 Å². The van der Waals surface area contributed by atoms with Crippen LogP contribution in [-0.4, -0.2) is 33.1 Å². The van der Waals surface area contributed by atoms with Crippen molar-refractivity contribution < 1.29 is 23.8 Å². The number of nitrogens with one attached hydrogen (secondary N) is 2. The number of carbonyl (C=O) groups excluding carboxylic acids is 2. The molecule has 0 aliphatic carbocycles. The van der Waals surface area contributed by atoms with Gasteiger partial charge in [-0.25, -0.2) is 0 Å². The van der Waals surface area contributed by atoms with Crippen LogP contribution in [0.2, 0.25) is 0 Å². The predicted molar refractivity (Wildman–Crippen MR) is 95.2 cm³/mol. The van der Waals surface area contributed by atoms with Crippen LogP contribution in [0.25, 0.3) is 0 Å². The van der Waals surface area contributed by atoms with E-state index >= 15 is 0 Å². The maximum absolute atomic E-state index is 12.3. The van der Waals surface area contributed by atoms with Gasteiger partial charge in [0.2, 0.25) is 0 Å². The molecule has 2 amide bonds. The number of hydrogen-bond donors (Lipinski definition) is 2. The molecule has 0 saturated carbocycles. The number of rotatable bonds is 5. The molecule has 0 aromatic heterocycles. The fourth-order valence-electron chi connectivity index (χ4n) is 2.00. The van der Waals surface area contributed by atoms with Gasteiger partial charge < -0.3 is 14.2 Å². The average molecular weight is 409 g/mol. The lowest BCUT2D eigenvalue weighted by Gasteiger charge is -2.12. The maximum Gasteiger partial charge on any atom is 0.269 e. The molecule has 0 bridgehead atoms. The van der Waals surface area contributed by atoms with E-state index < -0.39 is 11.8 Å². The highest BCUT2D eigenvalue weighted by atomic mass is 79.9. The highest BCUT2D eigenvalue weighted by Crippen LogP contribution is 2.35. The second-order valence-electron chi connectivity index (χ2n) is 4.83. The van der Waals surface area contributed by atoms with E-state index in [-0.39, 0.29) is 5.56 Å². The van der Waals surface area contributed by atoms with Crippen LogP contribution in [0.15, 0.2) is 40.9 Å². The standard InChI is InChI=1S/C17H17BrN2O5/c1-23-12-6-4-10(5-7-12)16(21)19-20-17(22)11-8-13(24-2)15(18)14(9-11)25-3/h4-9H,1-3H3,(H,19,21)(H,20,22). The van der Waals surface area contributed by atoms with Gasteiger partial charge in [0.15, 0.2) is 0 Å². The van der Waals surface area contributed by atoms with Crippen LogP contribution in [0.4, 0.5) is 0 Å². The Kier molecular flexibility index (Phi) is 6.24. The number of ether oxygens (including phenoxy) is 3. The first-order chi connectivity index (χ1) is 12.0. The zero-order chi connectivity index (χ0) is 18.4. The number of hydrazine groups is 1. The molecule has 0 unspecified atom stereocenters. The van der Waals surface area contributed by atoms with Crippen molar-refractivity contribution in [2.45, 2.75) is 0 Å². The van der Waals surface area contributed by atoms with E-state index in [1.807, 2.05) is 0 Å². The lowest BCUT2D eigenvalue weighted by atomic mass is 10.2. The first kappa shape index (κ1) is 18.6. The topological polar surface area (TPSA) is 85.9 Å². The second kappa shape index (κ2) is 8.39. The molecule has 0 aliphatic rings. The van der Waals surface area contributed by atoms with Gasteiger partial charge >= 0.3 is 0 Å². The Morgan fingerprint density at radius 1 is 0.800 bits per heavy atom. The van der Waals surface area contributed by atoms with Crippen molar-refractivity contribution in [1.82, 2.24) is 10.9 Å². The van der Waals surface area contributed by atoms with Crippen LogP contribution >= 0.6 is 15.9 Å². The van der Waals surface area contributed by atoms with E-state index in [0.717, 1.165) is 0 Å². The second-order valence-corrected chi connectivity index (χ2v) is 5.62. The van der Waals surface area contributed by atoms with Gasteiger partial charge in [-0.05, 0) is 52.3 Å². The third-order valence-electron chi connectivity index (χ3n) is 3.35. The summed E-state index contributed by atoms with van der Waals surface area (Å²) in [7, 11) is 4.50. The van der Waals surface area contributed by atoms with E-state index in [2.05, 4.69) is 26.8 Å². The van der Waals surface area contributed by atoms with Crippen molar-refractivity contribution in [3.8, 4) is 17.2 Å². The van der Waals surface area contributed by atoms with Crippen molar-refractivity contribution in [2.24, 2.45) is 0 Å². The summed E-state index contributed by atoms with van der Waals surface area (Å²) in [5.74, 6) is 0.546. The molecule has 0 radical (unpaired) electrons. The maximum atomic E-state index is 12.3. The fraction of sp³-hybridized carbons (Fsp3) is 0.176. The lowest BCUT2D eigenvalue weighted by molar-refractivity contribution is 0.0846. The van der Waals surface area contributed by atoms with Gasteiger partial charge in [0.05, 0.1) is 21.3 Å². The van der Waals surface area contributed by atoms with E-state index in [1.54, 1.807) is 24.3 Å².